The summed E-state index contributed by atoms with van der Waals surface area (Å²) in [6.07, 6.45) is 5.58. The van der Waals surface area contributed by atoms with Crippen LogP contribution in [0.2, 0.25) is 0 Å². The number of fused-ring (bicyclic) bond motifs is 1. The van der Waals surface area contributed by atoms with Crippen LogP contribution in [0.25, 0.3) is 17.2 Å². The molecular formula is C28H28N2O5. The molecule has 0 radical (unpaired) electrons. The van der Waals surface area contributed by atoms with Gasteiger partial charge in [-0.2, -0.15) is 0 Å². The first-order valence-corrected chi connectivity index (χ1v) is 11.1. The first kappa shape index (κ1) is 23.9. The lowest BCUT2D eigenvalue weighted by Crippen LogP contribution is -2.12. The Morgan fingerprint density at radius 1 is 0.943 bits per heavy atom. The van der Waals surface area contributed by atoms with E-state index < -0.39 is 0 Å². The zero-order valence-electron chi connectivity index (χ0n) is 20.5. The van der Waals surface area contributed by atoms with Crippen LogP contribution in [0.3, 0.4) is 0 Å². The van der Waals surface area contributed by atoms with E-state index in [9.17, 15) is 4.79 Å². The van der Waals surface area contributed by atoms with Gasteiger partial charge in [-0.1, -0.05) is 6.07 Å². The van der Waals surface area contributed by atoms with Crippen LogP contribution in [0.1, 0.15) is 30.0 Å². The van der Waals surface area contributed by atoms with Gasteiger partial charge in [-0.15, -0.1) is 0 Å². The number of carbonyl (C=O) groups excluding carboxylic acids is 1. The van der Waals surface area contributed by atoms with E-state index in [1.54, 1.807) is 46.9 Å². The number of ether oxygens (including phenoxy) is 4. The number of nitrogens with one attached hydrogen (secondary N) is 1. The van der Waals surface area contributed by atoms with Crippen molar-refractivity contribution in [1.29, 1.82) is 0 Å². The summed E-state index contributed by atoms with van der Waals surface area (Å²) >= 11 is 0. The molecule has 1 N–H and O–H groups in total. The Morgan fingerprint density at radius 3 is 2.29 bits per heavy atom. The number of nitrogens with zero attached hydrogens (tertiary/aromatic N) is 1. The third kappa shape index (κ3) is 4.84. The van der Waals surface area contributed by atoms with Crippen LogP contribution in [-0.2, 0) is 4.79 Å². The zero-order valence-corrected chi connectivity index (χ0v) is 20.5. The van der Waals surface area contributed by atoms with Crippen molar-refractivity contribution in [1.82, 2.24) is 4.98 Å². The highest BCUT2D eigenvalue weighted by Gasteiger charge is 2.26. The fourth-order valence-electron chi connectivity index (χ4n) is 4.27. The summed E-state index contributed by atoms with van der Waals surface area (Å²) in [6, 6.07) is 13.3. The molecule has 0 saturated carbocycles. The second kappa shape index (κ2) is 10.3. The molecule has 180 valence electrons. The van der Waals surface area contributed by atoms with E-state index in [-0.39, 0.29) is 12.3 Å². The second-order valence-corrected chi connectivity index (χ2v) is 8.00. The lowest BCUT2D eigenvalue weighted by atomic mass is 10.00. The van der Waals surface area contributed by atoms with Crippen LogP contribution in [0, 0.1) is 0 Å². The number of pyridine rings is 1. The maximum absolute atomic E-state index is 12.9. The van der Waals surface area contributed by atoms with Crippen molar-refractivity contribution in [2.75, 3.05) is 33.8 Å². The molecule has 0 bridgehead atoms. The third-order valence-corrected chi connectivity index (χ3v) is 5.98. The fraction of sp³-hybridized carbons (Fsp3) is 0.214. The van der Waals surface area contributed by atoms with E-state index in [0.29, 0.717) is 22.9 Å². The SMILES string of the molecule is COc1ccc2c(c1)C(CC(=O)Nc1cccnc1)=C(C)/C2=C/c1cc(OC)c(OC)c(OC)c1. The number of carbonyl (C=O) groups is 1. The van der Waals surface area contributed by atoms with Gasteiger partial charge in [0.05, 0.1) is 46.7 Å². The summed E-state index contributed by atoms with van der Waals surface area (Å²) in [7, 11) is 6.40. The molecular weight excluding hydrogens is 444 g/mol. The summed E-state index contributed by atoms with van der Waals surface area (Å²) in [4.78, 5) is 17.0. The number of methoxy groups -OCH3 is 4. The Morgan fingerprint density at radius 2 is 1.69 bits per heavy atom. The van der Waals surface area contributed by atoms with E-state index in [4.69, 9.17) is 18.9 Å². The Labute approximate surface area is 205 Å². The van der Waals surface area contributed by atoms with Gasteiger partial charge < -0.3 is 24.3 Å². The van der Waals surface area contributed by atoms with E-state index in [2.05, 4.69) is 16.4 Å². The highest BCUT2D eigenvalue weighted by Crippen LogP contribution is 2.46. The van der Waals surface area contributed by atoms with Gasteiger partial charge in [-0.25, -0.2) is 0 Å². The quantitative estimate of drug-likeness (QED) is 0.468. The minimum absolute atomic E-state index is 0.116. The molecule has 0 unspecified atom stereocenters. The molecule has 0 aliphatic heterocycles. The zero-order chi connectivity index (χ0) is 24.9. The molecule has 2 aromatic carbocycles. The smallest absolute Gasteiger partial charge is 0.228 e. The molecule has 7 nitrogen and oxygen atoms in total. The normalized spacial score (nSPS) is 13.5. The summed E-state index contributed by atoms with van der Waals surface area (Å²) < 4.78 is 22.0. The number of benzene rings is 2. The van der Waals surface area contributed by atoms with E-state index in [1.807, 2.05) is 43.3 Å². The summed E-state index contributed by atoms with van der Waals surface area (Å²) in [5.41, 5.74) is 6.52. The molecule has 1 heterocycles. The Hall–Kier alpha value is -4.26. The highest BCUT2D eigenvalue weighted by molar-refractivity contribution is 6.10. The number of aromatic nitrogens is 1. The largest absolute Gasteiger partial charge is 0.497 e. The number of amides is 1. The lowest BCUT2D eigenvalue weighted by Gasteiger charge is -2.13. The first-order valence-electron chi connectivity index (χ1n) is 11.1. The third-order valence-electron chi connectivity index (χ3n) is 5.98. The maximum atomic E-state index is 12.9. The van der Waals surface area contributed by atoms with Gasteiger partial charge in [0.15, 0.2) is 11.5 Å². The van der Waals surface area contributed by atoms with Crippen LogP contribution in [-0.4, -0.2) is 39.3 Å². The van der Waals surface area contributed by atoms with Gasteiger partial charge in [0.2, 0.25) is 11.7 Å². The monoisotopic (exact) mass is 472 g/mol. The van der Waals surface area contributed by atoms with Crippen LogP contribution >= 0.6 is 0 Å². The van der Waals surface area contributed by atoms with Crippen LogP contribution in [0.5, 0.6) is 23.0 Å². The number of anilines is 1. The molecule has 1 aliphatic rings. The number of rotatable bonds is 8. The fourth-order valence-corrected chi connectivity index (χ4v) is 4.27. The minimum atomic E-state index is -0.116. The Balaban J connectivity index is 1.77. The van der Waals surface area contributed by atoms with Gasteiger partial charge in [-0.05, 0) is 82.8 Å². The molecule has 1 amide bonds. The molecule has 4 rings (SSSR count). The van der Waals surface area contributed by atoms with Crippen LogP contribution in [0.15, 0.2) is 60.4 Å². The van der Waals surface area contributed by atoms with Crippen molar-refractivity contribution in [3.63, 3.8) is 0 Å². The van der Waals surface area contributed by atoms with Crippen LogP contribution in [0.4, 0.5) is 5.69 Å². The van der Waals surface area contributed by atoms with Gasteiger partial charge in [0.25, 0.3) is 0 Å². The van der Waals surface area contributed by atoms with Crippen molar-refractivity contribution < 1.29 is 23.7 Å². The topological polar surface area (TPSA) is 78.9 Å². The first-order chi connectivity index (χ1) is 17.0. The molecule has 0 saturated heterocycles. The van der Waals surface area contributed by atoms with E-state index in [1.165, 1.54) is 0 Å². The highest BCUT2D eigenvalue weighted by atomic mass is 16.5. The van der Waals surface area contributed by atoms with Crippen molar-refractivity contribution in [2.24, 2.45) is 0 Å². The molecule has 7 heteroatoms. The van der Waals surface area contributed by atoms with Crippen molar-refractivity contribution in [3.8, 4) is 23.0 Å². The molecule has 3 aromatic rings. The van der Waals surface area contributed by atoms with Gasteiger partial charge in [-0.3, -0.25) is 9.78 Å². The summed E-state index contributed by atoms with van der Waals surface area (Å²) in [5.74, 6) is 2.30. The summed E-state index contributed by atoms with van der Waals surface area (Å²) in [6.45, 7) is 2.03. The minimum Gasteiger partial charge on any atom is -0.497 e. The summed E-state index contributed by atoms with van der Waals surface area (Å²) in [5, 5.41) is 2.92. The second-order valence-electron chi connectivity index (χ2n) is 8.00. The number of allylic oxidation sites excluding steroid dienone is 2. The number of hydrogen-bond acceptors (Lipinski definition) is 6. The average molecular weight is 473 g/mol. The molecule has 0 fully saturated rings. The molecule has 1 aromatic heterocycles. The Kier molecular flexibility index (Phi) is 7.06. The Bertz CT molecular complexity index is 1290. The van der Waals surface area contributed by atoms with Gasteiger partial charge in [0, 0.05) is 6.20 Å². The average Bonchev–Trinajstić information content (AvgIpc) is 3.13. The van der Waals surface area contributed by atoms with E-state index in [0.717, 1.165) is 39.2 Å². The van der Waals surface area contributed by atoms with Crippen molar-refractivity contribution >= 4 is 28.8 Å². The van der Waals surface area contributed by atoms with Gasteiger partial charge >= 0.3 is 0 Å². The predicted octanol–water partition coefficient (Wildman–Crippen LogP) is 5.47. The van der Waals surface area contributed by atoms with Crippen molar-refractivity contribution in [2.45, 2.75) is 13.3 Å². The molecule has 35 heavy (non-hydrogen) atoms. The van der Waals surface area contributed by atoms with Gasteiger partial charge in [0.1, 0.15) is 5.75 Å². The van der Waals surface area contributed by atoms with Crippen molar-refractivity contribution in [3.05, 3.63) is 77.1 Å². The van der Waals surface area contributed by atoms with E-state index >= 15 is 0 Å². The standard InChI is InChI=1S/C28H28N2O5/c1-17-22(11-18-12-25(33-3)28(35-5)26(13-18)34-4)21-9-8-20(32-2)14-24(21)23(17)15-27(31)30-19-7-6-10-29-16-19/h6-14,16H,15H2,1-5H3,(H,30,31)/b22-11-. The molecule has 1 aliphatic carbocycles. The number of hydrogen-bond donors (Lipinski definition) is 1. The molecule has 0 spiro atoms. The maximum Gasteiger partial charge on any atom is 0.228 e. The predicted molar refractivity (Wildman–Crippen MR) is 137 cm³/mol. The molecule has 0 atom stereocenters. The van der Waals surface area contributed by atoms with Crippen LogP contribution < -0.4 is 24.3 Å². The lowest BCUT2D eigenvalue weighted by molar-refractivity contribution is -0.115.